The van der Waals surface area contributed by atoms with E-state index in [1.165, 1.54) is 39.0 Å². The number of esters is 1. The molecule has 0 aliphatic heterocycles. The minimum atomic E-state index is -0.125. The van der Waals surface area contributed by atoms with Crippen molar-refractivity contribution in [3.05, 3.63) is 0 Å². The van der Waals surface area contributed by atoms with Gasteiger partial charge in [-0.15, -0.1) is 0 Å². The molecule has 0 heterocycles. The summed E-state index contributed by atoms with van der Waals surface area (Å²) in [5.41, 5.74) is 0.399. The monoisotopic (exact) mass is 168 g/mol. The lowest BCUT2D eigenvalue weighted by molar-refractivity contribution is -0.144. The highest BCUT2D eigenvalue weighted by atomic mass is 16.5. The van der Waals surface area contributed by atoms with E-state index >= 15 is 0 Å². The fraction of sp³-hybridized carbons (Fsp3) is 0.900. The van der Waals surface area contributed by atoms with Crippen LogP contribution in [0.2, 0.25) is 0 Å². The molecule has 2 nitrogen and oxygen atoms in total. The van der Waals surface area contributed by atoms with Crippen molar-refractivity contribution in [1.82, 2.24) is 0 Å². The first kappa shape index (κ1) is 8.09. The molecule has 0 radical (unpaired) electrons. The molecule has 0 spiro atoms. The average molecular weight is 168 g/mol. The molecular weight excluding hydrogens is 152 g/mol. The van der Waals surface area contributed by atoms with Crippen LogP contribution < -0.4 is 0 Å². The Kier molecular flexibility index (Phi) is 1.85. The third kappa shape index (κ3) is 1.35. The zero-order valence-electron chi connectivity index (χ0n) is 7.64. The van der Waals surface area contributed by atoms with Crippen molar-refractivity contribution < 1.29 is 9.53 Å². The van der Waals surface area contributed by atoms with Crippen LogP contribution in [-0.2, 0) is 9.53 Å². The van der Waals surface area contributed by atoms with Crippen LogP contribution in [0.4, 0.5) is 0 Å². The Labute approximate surface area is 73.3 Å². The molecule has 0 saturated heterocycles. The quantitative estimate of drug-likeness (QED) is 0.590. The van der Waals surface area contributed by atoms with Gasteiger partial charge in [0.1, 0.15) is 0 Å². The van der Waals surface area contributed by atoms with Crippen LogP contribution in [0, 0.1) is 11.3 Å². The summed E-state index contributed by atoms with van der Waals surface area (Å²) in [6, 6.07) is 0. The minimum absolute atomic E-state index is 0.125. The van der Waals surface area contributed by atoms with E-state index in [0.29, 0.717) is 12.0 Å². The van der Waals surface area contributed by atoms with Crippen molar-refractivity contribution in [1.29, 1.82) is 0 Å². The van der Waals surface area contributed by atoms with Gasteiger partial charge in [-0.3, -0.25) is 4.79 Å². The first-order valence-corrected chi connectivity index (χ1v) is 4.84. The van der Waals surface area contributed by atoms with E-state index in [4.69, 9.17) is 4.74 Å². The summed E-state index contributed by atoms with van der Waals surface area (Å²) in [5, 5.41) is 0. The second-order valence-corrected chi connectivity index (χ2v) is 4.43. The van der Waals surface area contributed by atoms with E-state index in [1.807, 2.05) is 0 Å². The van der Waals surface area contributed by atoms with Gasteiger partial charge in [-0.05, 0) is 38.0 Å². The van der Waals surface area contributed by atoms with Gasteiger partial charge in [-0.25, -0.2) is 0 Å². The Morgan fingerprint density at radius 2 is 2.17 bits per heavy atom. The van der Waals surface area contributed by atoms with E-state index in [2.05, 4.69) is 0 Å². The maximum Gasteiger partial charge on any atom is 0.302 e. The summed E-state index contributed by atoms with van der Waals surface area (Å²) >= 11 is 0. The average Bonchev–Trinajstić information content (AvgIpc) is 2.60. The highest BCUT2D eigenvalue weighted by molar-refractivity contribution is 5.65. The number of hydrogen-bond acceptors (Lipinski definition) is 2. The molecule has 0 N–H and O–H groups in total. The number of ether oxygens (including phenoxy) is 1. The zero-order chi connectivity index (χ0) is 8.60. The fourth-order valence-electron chi connectivity index (χ4n) is 2.77. The van der Waals surface area contributed by atoms with Gasteiger partial charge >= 0.3 is 5.97 Å². The molecular formula is C10H16O2. The maximum absolute atomic E-state index is 10.6. The minimum Gasteiger partial charge on any atom is -0.465 e. The molecule has 0 amide bonds. The molecule has 12 heavy (non-hydrogen) atoms. The lowest BCUT2D eigenvalue weighted by Gasteiger charge is -2.25. The molecule has 0 aromatic heterocycles. The zero-order valence-corrected chi connectivity index (χ0v) is 7.64. The van der Waals surface area contributed by atoms with E-state index in [1.54, 1.807) is 0 Å². The van der Waals surface area contributed by atoms with Crippen LogP contribution in [0.5, 0.6) is 0 Å². The van der Waals surface area contributed by atoms with Gasteiger partial charge in [0.15, 0.2) is 0 Å². The van der Waals surface area contributed by atoms with Crippen molar-refractivity contribution in [2.24, 2.45) is 11.3 Å². The lowest BCUT2D eigenvalue weighted by Crippen LogP contribution is -2.22. The number of carbonyl (C=O) groups is 1. The number of rotatable bonds is 2. The third-order valence-electron chi connectivity index (χ3n) is 3.47. The first-order valence-electron chi connectivity index (χ1n) is 4.84. The van der Waals surface area contributed by atoms with Crippen LogP contribution in [0.25, 0.3) is 0 Å². The summed E-state index contributed by atoms with van der Waals surface area (Å²) in [4.78, 5) is 10.6. The van der Waals surface area contributed by atoms with Gasteiger partial charge in [-0.2, -0.15) is 0 Å². The molecule has 2 heteroatoms. The predicted molar refractivity (Wildman–Crippen MR) is 45.6 cm³/mol. The Bertz CT molecular complexity index is 190. The molecule has 2 bridgehead atoms. The molecule has 0 unspecified atom stereocenters. The largest absolute Gasteiger partial charge is 0.465 e. The van der Waals surface area contributed by atoms with E-state index in [0.717, 1.165) is 5.92 Å². The summed E-state index contributed by atoms with van der Waals surface area (Å²) in [6.45, 7) is 2.18. The molecule has 2 saturated carbocycles. The van der Waals surface area contributed by atoms with Gasteiger partial charge in [-0.1, -0.05) is 0 Å². The Hall–Kier alpha value is -0.530. The number of fused-ring (bicyclic) bond motifs is 2. The SMILES string of the molecule is CC(=O)OCC12CCC(CC1)C2. The van der Waals surface area contributed by atoms with E-state index in [-0.39, 0.29) is 5.97 Å². The lowest BCUT2D eigenvalue weighted by atomic mass is 9.85. The summed E-state index contributed by atoms with van der Waals surface area (Å²) in [7, 11) is 0. The summed E-state index contributed by atoms with van der Waals surface area (Å²) in [5.74, 6) is 0.820. The number of hydrogen-bond donors (Lipinski definition) is 0. The molecule has 2 aliphatic rings. The van der Waals surface area contributed by atoms with Crippen LogP contribution in [-0.4, -0.2) is 12.6 Å². The molecule has 2 fully saturated rings. The van der Waals surface area contributed by atoms with Gasteiger partial charge in [0.2, 0.25) is 0 Å². The van der Waals surface area contributed by atoms with E-state index in [9.17, 15) is 4.79 Å². The summed E-state index contributed by atoms with van der Waals surface area (Å²) in [6.07, 6.45) is 6.60. The van der Waals surface area contributed by atoms with Crippen molar-refractivity contribution in [2.45, 2.75) is 39.0 Å². The first-order chi connectivity index (χ1) is 5.70. The van der Waals surface area contributed by atoms with Crippen molar-refractivity contribution >= 4 is 5.97 Å². The maximum atomic E-state index is 10.6. The summed E-state index contributed by atoms with van der Waals surface area (Å²) < 4.78 is 5.11. The van der Waals surface area contributed by atoms with Gasteiger partial charge in [0, 0.05) is 12.3 Å². The topological polar surface area (TPSA) is 26.3 Å². The normalized spacial score (nSPS) is 38.6. The molecule has 68 valence electrons. The Morgan fingerprint density at radius 3 is 2.58 bits per heavy atom. The Morgan fingerprint density at radius 1 is 1.50 bits per heavy atom. The van der Waals surface area contributed by atoms with Gasteiger partial charge in [0.25, 0.3) is 0 Å². The molecule has 2 rings (SSSR count). The fourth-order valence-corrected chi connectivity index (χ4v) is 2.77. The predicted octanol–water partition coefficient (Wildman–Crippen LogP) is 2.13. The molecule has 2 aliphatic carbocycles. The van der Waals surface area contributed by atoms with Crippen LogP contribution in [0.1, 0.15) is 39.0 Å². The third-order valence-corrected chi connectivity index (χ3v) is 3.47. The number of carbonyl (C=O) groups excluding carboxylic acids is 1. The van der Waals surface area contributed by atoms with Crippen molar-refractivity contribution in [2.75, 3.05) is 6.61 Å². The second kappa shape index (κ2) is 2.75. The molecule has 0 aromatic carbocycles. The smallest absolute Gasteiger partial charge is 0.302 e. The molecule has 0 atom stereocenters. The van der Waals surface area contributed by atoms with Crippen LogP contribution in [0.15, 0.2) is 0 Å². The van der Waals surface area contributed by atoms with Gasteiger partial charge in [0.05, 0.1) is 6.61 Å². The van der Waals surface area contributed by atoms with Gasteiger partial charge < -0.3 is 4.74 Å². The second-order valence-electron chi connectivity index (χ2n) is 4.43. The highest BCUT2D eigenvalue weighted by Gasteiger charge is 2.45. The standard InChI is InChI=1S/C10H16O2/c1-8(11)12-7-10-4-2-9(6-10)3-5-10/h9H,2-7H2,1H3. The van der Waals surface area contributed by atoms with Crippen LogP contribution >= 0.6 is 0 Å². The van der Waals surface area contributed by atoms with Crippen LogP contribution in [0.3, 0.4) is 0 Å². The highest BCUT2D eigenvalue weighted by Crippen LogP contribution is 2.54. The van der Waals surface area contributed by atoms with Crippen molar-refractivity contribution in [3.8, 4) is 0 Å². The Balaban J connectivity index is 1.90. The van der Waals surface area contributed by atoms with E-state index < -0.39 is 0 Å². The van der Waals surface area contributed by atoms with Crippen molar-refractivity contribution in [3.63, 3.8) is 0 Å². The molecule has 0 aromatic rings.